The topological polar surface area (TPSA) is 106 Å². The molecule has 0 radical (unpaired) electrons. The highest BCUT2D eigenvalue weighted by molar-refractivity contribution is 7.93. The number of anilines is 1. The number of halogens is 6. The Morgan fingerprint density at radius 3 is 1.87 bits per heavy atom. The van der Waals surface area contributed by atoms with Crippen molar-refractivity contribution in [3.8, 4) is 0 Å². The summed E-state index contributed by atoms with van der Waals surface area (Å²) in [7, 11) is -5.17. The monoisotopic (exact) mass is 455 g/mol. The molecular formula is C17H15F6N3O3S. The number of rotatable bonds is 6. The first kappa shape index (κ1) is 23.5. The first-order valence-corrected chi connectivity index (χ1v) is 9.47. The first-order chi connectivity index (χ1) is 13.7. The highest BCUT2D eigenvalue weighted by Crippen LogP contribution is 2.41. The minimum atomic E-state index is -5.30. The van der Waals surface area contributed by atoms with Crippen molar-refractivity contribution in [3.63, 3.8) is 0 Å². The Balaban J connectivity index is 2.83. The standard InChI is InChI=1S/C17H15F6N3O3S/c1-16(8-24,17(21,22)23)26(10-6-12(18)14(20)13(19)7-10)30(28,29)11-4-2-9(3-5-11)15(25)27/h2-7H,8,24H2,1H3,(H2,25,27)/t16-/m1/s1. The molecule has 0 aromatic heterocycles. The van der Waals surface area contributed by atoms with Crippen molar-refractivity contribution in [1.82, 2.24) is 0 Å². The van der Waals surface area contributed by atoms with E-state index in [1.165, 1.54) is 0 Å². The molecule has 13 heteroatoms. The molecule has 6 nitrogen and oxygen atoms in total. The summed E-state index contributed by atoms with van der Waals surface area (Å²) in [4.78, 5) is 10.4. The molecule has 0 aliphatic heterocycles. The van der Waals surface area contributed by atoms with Crippen molar-refractivity contribution in [2.75, 3.05) is 10.8 Å². The van der Waals surface area contributed by atoms with E-state index in [9.17, 15) is 39.6 Å². The quantitative estimate of drug-likeness (QED) is 0.516. The fourth-order valence-corrected chi connectivity index (χ4v) is 4.34. The number of benzene rings is 2. The van der Waals surface area contributed by atoms with E-state index in [0.29, 0.717) is 6.92 Å². The van der Waals surface area contributed by atoms with Gasteiger partial charge in [-0.05, 0) is 31.2 Å². The summed E-state index contributed by atoms with van der Waals surface area (Å²) in [6.07, 6.45) is -5.30. The van der Waals surface area contributed by atoms with Crippen molar-refractivity contribution in [1.29, 1.82) is 0 Å². The van der Waals surface area contributed by atoms with E-state index in [2.05, 4.69) is 0 Å². The molecule has 1 atom stereocenters. The van der Waals surface area contributed by atoms with Crippen molar-refractivity contribution in [2.45, 2.75) is 23.5 Å². The van der Waals surface area contributed by atoms with Crippen molar-refractivity contribution >= 4 is 21.6 Å². The Kier molecular flexibility index (Phi) is 6.10. The number of hydrogen-bond donors (Lipinski definition) is 2. The van der Waals surface area contributed by atoms with Gasteiger partial charge in [0.05, 0.1) is 10.6 Å². The number of hydrogen-bond acceptors (Lipinski definition) is 4. The molecule has 0 saturated heterocycles. The number of carbonyl (C=O) groups excluding carboxylic acids is 1. The molecule has 1 amide bonds. The van der Waals surface area contributed by atoms with Crippen LogP contribution < -0.4 is 15.8 Å². The van der Waals surface area contributed by atoms with Gasteiger partial charge in [0.1, 0.15) is 0 Å². The third kappa shape index (κ3) is 3.94. The molecule has 0 bridgehead atoms. The lowest BCUT2D eigenvalue weighted by Gasteiger charge is -2.42. The number of alkyl halides is 3. The third-order valence-corrected chi connectivity index (χ3v) is 6.30. The van der Waals surface area contributed by atoms with Crippen LogP contribution in [0.5, 0.6) is 0 Å². The van der Waals surface area contributed by atoms with E-state index in [0.717, 1.165) is 24.3 Å². The van der Waals surface area contributed by atoms with Crippen molar-refractivity contribution in [3.05, 3.63) is 59.4 Å². The van der Waals surface area contributed by atoms with Crippen molar-refractivity contribution in [2.24, 2.45) is 11.5 Å². The average Bonchev–Trinajstić information content (AvgIpc) is 2.64. The second-order valence-electron chi connectivity index (χ2n) is 6.36. The SMILES string of the molecule is C[C@](CN)(N(c1cc(F)c(F)c(F)c1)S(=O)(=O)c1ccc(C(N)=O)cc1)C(F)(F)F. The molecule has 2 aromatic carbocycles. The molecule has 0 aliphatic carbocycles. The lowest BCUT2D eigenvalue weighted by Crippen LogP contribution is -2.63. The Bertz CT molecular complexity index is 1050. The number of nitrogens with zero attached hydrogens (tertiary/aromatic N) is 1. The second-order valence-corrected chi connectivity index (χ2v) is 8.14. The van der Waals surface area contributed by atoms with E-state index in [1.807, 2.05) is 0 Å². The van der Waals surface area contributed by atoms with Crippen LogP contribution in [0.1, 0.15) is 17.3 Å². The Morgan fingerprint density at radius 1 is 1.03 bits per heavy atom. The van der Waals surface area contributed by atoms with Gasteiger partial charge >= 0.3 is 6.18 Å². The summed E-state index contributed by atoms with van der Waals surface area (Å²) >= 11 is 0. The number of sulfonamides is 1. The first-order valence-electron chi connectivity index (χ1n) is 8.03. The van der Waals surface area contributed by atoms with Crippen LogP contribution in [0.4, 0.5) is 32.0 Å². The Hall–Kier alpha value is -2.80. The van der Waals surface area contributed by atoms with Crippen LogP contribution in [0.2, 0.25) is 0 Å². The van der Waals surface area contributed by atoms with Gasteiger partial charge in [-0.15, -0.1) is 0 Å². The second kappa shape index (κ2) is 7.80. The van der Waals surface area contributed by atoms with Crippen LogP contribution >= 0.6 is 0 Å². The molecular weight excluding hydrogens is 440 g/mol. The number of amides is 1. The largest absolute Gasteiger partial charge is 0.413 e. The van der Waals surface area contributed by atoms with Crippen LogP contribution in [0.25, 0.3) is 0 Å². The predicted octanol–water partition coefficient (Wildman–Crippen LogP) is 2.68. The van der Waals surface area contributed by atoms with E-state index >= 15 is 0 Å². The number of nitrogens with two attached hydrogens (primary N) is 2. The third-order valence-electron chi connectivity index (χ3n) is 4.34. The zero-order valence-corrected chi connectivity index (χ0v) is 16.0. The highest BCUT2D eigenvalue weighted by atomic mass is 32.2. The lowest BCUT2D eigenvalue weighted by atomic mass is 10.0. The average molecular weight is 455 g/mol. The van der Waals surface area contributed by atoms with E-state index in [-0.39, 0.29) is 22.0 Å². The smallest absolute Gasteiger partial charge is 0.366 e. The van der Waals surface area contributed by atoms with Gasteiger partial charge in [-0.1, -0.05) is 0 Å². The van der Waals surface area contributed by atoms with E-state index in [4.69, 9.17) is 11.5 Å². The molecule has 0 spiro atoms. The van der Waals surface area contributed by atoms with Gasteiger partial charge in [-0.2, -0.15) is 13.2 Å². The molecule has 0 unspecified atom stereocenters. The maximum atomic E-state index is 13.8. The summed E-state index contributed by atoms with van der Waals surface area (Å²) in [5.74, 6) is -6.74. The molecule has 0 aliphatic rings. The van der Waals surface area contributed by atoms with Gasteiger partial charge in [0, 0.05) is 24.2 Å². The summed E-state index contributed by atoms with van der Waals surface area (Å²) in [5.41, 5.74) is 5.61. The van der Waals surface area contributed by atoms with E-state index < -0.39 is 62.2 Å². The van der Waals surface area contributed by atoms with Crippen LogP contribution in [0, 0.1) is 17.5 Å². The van der Waals surface area contributed by atoms with E-state index in [1.54, 1.807) is 0 Å². The molecule has 0 heterocycles. The molecule has 2 aromatic rings. The maximum absolute atomic E-state index is 13.8. The molecule has 30 heavy (non-hydrogen) atoms. The Morgan fingerprint density at radius 2 is 1.50 bits per heavy atom. The fraction of sp³-hybridized carbons (Fsp3) is 0.235. The van der Waals surface area contributed by atoms with Gasteiger partial charge in [-0.25, -0.2) is 25.9 Å². The zero-order chi connectivity index (χ0) is 23.1. The fourth-order valence-electron chi connectivity index (χ4n) is 2.56. The minimum absolute atomic E-state index is 0.105. The van der Waals surface area contributed by atoms with Crippen LogP contribution in [-0.2, 0) is 10.0 Å². The van der Waals surface area contributed by atoms with Gasteiger partial charge in [0.15, 0.2) is 23.0 Å². The minimum Gasteiger partial charge on any atom is -0.366 e. The van der Waals surface area contributed by atoms with Gasteiger partial charge in [0.2, 0.25) is 5.91 Å². The highest BCUT2D eigenvalue weighted by Gasteiger charge is 2.58. The summed E-state index contributed by atoms with van der Waals surface area (Å²) in [6.45, 7) is -0.933. The molecule has 164 valence electrons. The Labute approximate surface area is 167 Å². The predicted molar refractivity (Wildman–Crippen MR) is 94.5 cm³/mol. The lowest BCUT2D eigenvalue weighted by molar-refractivity contribution is -0.175. The summed E-state index contributed by atoms with van der Waals surface area (Å²) in [6, 6.07) is 3.65. The molecule has 2 rings (SSSR count). The van der Waals surface area contributed by atoms with Gasteiger partial charge in [0.25, 0.3) is 10.0 Å². The summed E-state index contributed by atoms with van der Waals surface area (Å²) < 4.78 is 108. The molecule has 0 fully saturated rings. The zero-order valence-electron chi connectivity index (χ0n) is 15.2. The van der Waals surface area contributed by atoms with Crippen molar-refractivity contribution < 1.29 is 39.6 Å². The van der Waals surface area contributed by atoms with Gasteiger partial charge < -0.3 is 11.5 Å². The molecule has 0 saturated carbocycles. The maximum Gasteiger partial charge on any atom is 0.413 e. The normalized spacial score (nSPS) is 14.3. The number of carbonyl (C=O) groups is 1. The van der Waals surface area contributed by atoms with Gasteiger partial charge in [-0.3, -0.25) is 4.79 Å². The number of primary amides is 1. The molecule has 4 N–H and O–H groups in total. The van der Waals surface area contributed by atoms with Crippen LogP contribution in [-0.4, -0.2) is 32.6 Å². The summed E-state index contributed by atoms with van der Waals surface area (Å²) in [5, 5.41) is 0. The van der Waals surface area contributed by atoms with Crippen LogP contribution in [0.15, 0.2) is 41.3 Å². The van der Waals surface area contributed by atoms with Crippen LogP contribution in [0.3, 0.4) is 0 Å².